The van der Waals surface area contributed by atoms with Crippen LogP contribution in [0.4, 0.5) is 0 Å². The summed E-state index contributed by atoms with van der Waals surface area (Å²) in [6, 6.07) is 1.74. The molecule has 3 N–H and O–H groups in total. The minimum Gasteiger partial charge on any atom is -0.395 e. The van der Waals surface area contributed by atoms with Gasteiger partial charge in [-0.3, -0.25) is 0 Å². The van der Waals surface area contributed by atoms with Gasteiger partial charge in [0.1, 0.15) is 0 Å². The Labute approximate surface area is 66.5 Å². The van der Waals surface area contributed by atoms with Gasteiger partial charge in [-0.15, -0.1) is 0 Å². The highest BCUT2D eigenvalue weighted by Crippen LogP contribution is 1.89. The van der Waals surface area contributed by atoms with Gasteiger partial charge in [-0.25, -0.2) is 0 Å². The normalized spacial score (nSPS) is 13.0. The summed E-state index contributed by atoms with van der Waals surface area (Å²) in [5.74, 6) is -0.0874. The van der Waals surface area contributed by atoms with Crippen LogP contribution in [0, 0.1) is 17.2 Å². The predicted octanol–water partition coefficient (Wildman–Crippen LogP) is -0.911. The molecule has 0 aliphatic carbocycles. The molecule has 0 aromatic heterocycles. The molecule has 0 bridgehead atoms. The molecule has 0 saturated heterocycles. The van der Waals surface area contributed by atoms with Crippen LogP contribution in [0.3, 0.4) is 0 Å². The molecule has 64 valence electrons. The number of aliphatic hydroxyl groups is 2. The Morgan fingerprint density at radius 1 is 1.45 bits per heavy atom. The monoisotopic (exact) mass is 158 g/mol. The van der Waals surface area contributed by atoms with Crippen molar-refractivity contribution in [2.24, 2.45) is 5.92 Å². The summed E-state index contributed by atoms with van der Waals surface area (Å²) >= 11 is 0. The summed E-state index contributed by atoms with van der Waals surface area (Å²) in [4.78, 5) is 0. The zero-order chi connectivity index (χ0) is 8.69. The number of aliphatic hydroxyl groups excluding tert-OH is 2. The molecule has 4 heteroatoms. The summed E-state index contributed by atoms with van der Waals surface area (Å²) in [5, 5.41) is 28.4. The maximum Gasteiger partial charge on any atom is 0.0666 e. The van der Waals surface area contributed by atoms with Crippen LogP contribution in [0.2, 0.25) is 0 Å². The summed E-state index contributed by atoms with van der Waals surface area (Å²) in [6.45, 7) is 2.07. The number of hydrogen-bond acceptors (Lipinski definition) is 4. The fourth-order valence-electron chi connectivity index (χ4n) is 0.576. The standard InChI is InChI=1S/C7H14N2O2/c1-6(2-8)3-9-7(4-10)5-11/h6-7,9-11H,3-5H2,1H3. The molecule has 0 amide bonds. The molecule has 1 unspecified atom stereocenters. The lowest BCUT2D eigenvalue weighted by atomic mass is 10.2. The minimum absolute atomic E-state index is 0.0874. The third-order valence-corrected chi connectivity index (χ3v) is 1.37. The molecule has 0 fully saturated rings. The molecule has 4 nitrogen and oxygen atoms in total. The summed E-state index contributed by atoms with van der Waals surface area (Å²) in [6.07, 6.45) is 0. The topological polar surface area (TPSA) is 76.3 Å². The van der Waals surface area contributed by atoms with Crippen molar-refractivity contribution in [3.8, 4) is 6.07 Å². The van der Waals surface area contributed by atoms with Crippen LogP contribution in [0.1, 0.15) is 6.92 Å². The fourth-order valence-corrected chi connectivity index (χ4v) is 0.576. The Hall–Kier alpha value is -0.630. The van der Waals surface area contributed by atoms with Gasteiger partial charge in [0, 0.05) is 6.54 Å². The van der Waals surface area contributed by atoms with Gasteiger partial charge in [0.05, 0.1) is 31.2 Å². The van der Waals surface area contributed by atoms with Gasteiger partial charge in [-0.05, 0) is 6.92 Å². The van der Waals surface area contributed by atoms with E-state index in [4.69, 9.17) is 15.5 Å². The van der Waals surface area contributed by atoms with Gasteiger partial charge in [0.25, 0.3) is 0 Å². The molecule has 1 atom stereocenters. The number of nitrogens with zero attached hydrogens (tertiary/aromatic N) is 1. The molecule has 0 saturated carbocycles. The smallest absolute Gasteiger partial charge is 0.0666 e. The molecule has 0 rings (SSSR count). The maximum atomic E-state index is 8.61. The molecule has 0 radical (unpaired) electrons. The van der Waals surface area contributed by atoms with E-state index < -0.39 is 0 Å². The van der Waals surface area contributed by atoms with Gasteiger partial charge < -0.3 is 15.5 Å². The highest BCUT2D eigenvalue weighted by atomic mass is 16.3. The molecule has 0 aliphatic rings. The lowest BCUT2D eigenvalue weighted by Crippen LogP contribution is -2.38. The van der Waals surface area contributed by atoms with Crippen molar-refractivity contribution in [3.63, 3.8) is 0 Å². The molecule has 11 heavy (non-hydrogen) atoms. The second-order valence-electron chi connectivity index (χ2n) is 2.50. The van der Waals surface area contributed by atoms with Crippen molar-refractivity contribution in [2.75, 3.05) is 19.8 Å². The quantitative estimate of drug-likeness (QED) is 0.484. The van der Waals surface area contributed by atoms with E-state index in [2.05, 4.69) is 5.32 Å². The SMILES string of the molecule is CC(C#N)CNC(CO)CO. The Morgan fingerprint density at radius 3 is 2.36 bits per heavy atom. The van der Waals surface area contributed by atoms with Gasteiger partial charge in [0.2, 0.25) is 0 Å². The summed E-state index contributed by atoms with van der Waals surface area (Å²) < 4.78 is 0. The minimum atomic E-state index is -0.300. The van der Waals surface area contributed by atoms with E-state index in [1.165, 1.54) is 0 Å². The van der Waals surface area contributed by atoms with Crippen molar-refractivity contribution in [1.82, 2.24) is 5.32 Å². The van der Waals surface area contributed by atoms with E-state index in [-0.39, 0.29) is 25.2 Å². The molecule has 0 aromatic carbocycles. The number of nitriles is 1. The summed E-state index contributed by atoms with van der Waals surface area (Å²) in [7, 11) is 0. The van der Waals surface area contributed by atoms with Crippen LogP contribution in [0.5, 0.6) is 0 Å². The van der Waals surface area contributed by atoms with Gasteiger partial charge in [-0.2, -0.15) is 5.26 Å². The molecular formula is C7H14N2O2. The number of hydrogen-bond donors (Lipinski definition) is 3. The Kier molecular flexibility index (Phi) is 5.75. The largest absolute Gasteiger partial charge is 0.395 e. The highest BCUT2D eigenvalue weighted by molar-refractivity contribution is 4.81. The maximum absolute atomic E-state index is 8.61. The predicted molar refractivity (Wildman–Crippen MR) is 40.7 cm³/mol. The van der Waals surface area contributed by atoms with E-state index in [1.807, 2.05) is 6.07 Å². The first-order valence-electron chi connectivity index (χ1n) is 3.59. The average molecular weight is 158 g/mol. The van der Waals surface area contributed by atoms with Crippen molar-refractivity contribution in [1.29, 1.82) is 5.26 Å². The van der Waals surface area contributed by atoms with E-state index in [9.17, 15) is 0 Å². The highest BCUT2D eigenvalue weighted by Gasteiger charge is 2.06. The van der Waals surface area contributed by atoms with E-state index in [1.54, 1.807) is 6.92 Å². The van der Waals surface area contributed by atoms with Crippen LogP contribution < -0.4 is 5.32 Å². The van der Waals surface area contributed by atoms with Crippen LogP contribution in [0.15, 0.2) is 0 Å². The molecule has 0 aliphatic heterocycles. The lowest BCUT2D eigenvalue weighted by molar-refractivity contribution is 0.169. The number of rotatable bonds is 5. The first-order valence-corrected chi connectivity index (χ1v) is 3.59. The van der Waals surface area contributed by atoms with Crippen LogP contribution in [0.25, 0.3) is 0 Å². The summed E-state index contributed by atoms with van der Waals surface area (Å²) in [5.41, 5.74) is 0. The fraction of sp³-hybridized carbons (Fsp3) is 0.857. The Morgan fingerprint density at radius 2 is 2.00 bits per heavy atom. The molecular weight excluding hydrogens is 144 g/mol. The van der Waals surface area contributed by atoms with Gasteiger partial charge >= 0.3 is 0 Å². The Bertz CT molecular complexity index is 129. The van der Waals surface area contributed by atoms with Crippen molar-refractivity contribution in [3.05, 3.63) is 0 Å². The van der Waals surface area contributed by atoms with Gasteiger partial charge in [-0.1, -0.05) is 0 Å². The van der Waals surface area contributed by atoms with Crippen molar-refractivity contribution in [2.45, 2.75) is 13.0 Å². The van der Waals surface area contributed by atoms with Crippen molar-refractivity contribution < 1.29 is 10.2 Å². The molecule has 0 aromatic rings. The van der Waals surface area contributed by atoms with Crippen molar-refractivity contribution >= 4 is 0 Å². The number of nitrogens with one attached hydrogen (secondary N) is 1. The first kappa shape index (κ1) is 10.4. The zero-order valence-electron chi connectivity index (χ0n) is 6.62. The van der Waals surface area contributed by atoms with E-state index in [0.717, 1.165) is 0 Å². The Balaban J connectivity index is 3.44. The second-order valence-corrected chi connectivity index (χ2v) is 2.50. The lowest BCUT2D eigenvalue weighted by Gasteiger charge is -2.13. The average Bonchev–Trinajstić information content (AvgIpc) is 2.06. The second kappa shape index (κ2) is 6.10. The third kappa shape index (κ3) is 4.73. The van der Waals surface area contributed by atoms with Crippen LogP contribution >= 0.6 is 0 Å². The van der Waals surface area contributed by atoms with E-state index >= 15 is 0 Å². The molecule has 0 spiro atoms. The molecule has 0 heterocycles. The first-order chi connectivity index (χ1) is 5.24. The van der Waals surface area contributed by atoms with Crippen LogP contribution in [-0.2, 0) is 0 Å². The van der Waals surface area contributed by atoms with Gasteiger partial charge in [0.15, 0.2) is 0 Å². The van der Waals surface area contributed by atoms with Crippen LogP contribution in [-0.4, -0.2) is 36.0 Å². The zero-order valence-corrected chi connectivity index (χ0v) is 6.62. The van der Waals surface area contributed by atoms with E-state index in [0.29, 0.717) is 6.54 Å². The third-order valence-electron chi connectivity index (χ3n) is 1.37.